The van der Waals surface area contributed by atoms with Gasteiger partial charge in [0.05, 0.1) is 7.11 Å². The van der Waals surface area contributed by atoms with Gasteiger partial charge >= 0.3 is 0 Å². The number of rotatable bonds is 5. The summed E-state index contributed by atoms with van der Waals surface area (Å²) in [6, 6.07) is 8.70. The Morgan fingerprint density at radius 3 is 2.52 bits per heavy atom. The van der Waals surface area contributed by atoms with Gasteiger partial charge in [0.2, 0.25) is 0 Å². The Balaban J connectivity index is 1.47. The third-order valence-electron chi connectivity index (χ3n) is 5.06. The van der Waals surface area contributed by atoms with E-state index in [9.17, 15) is 0 Å². The number of ether oxygens (including phenoxy) is 2. The van der Waals surface area contributed by atoms with Crippen molar-refractivity contribution in [2.45, 2.75) is 44.6 Å². The van der Waals surface area contributed by atoms with Crippen molar-refractivity contribution in [1.29, 1.82) is 0 Å². The summed E-state index contributed by atoms with van der Waals surface area (Å²) in [5.41, 5.74) is 0. The van der Waals surface area contributed by atoms with Crippen molar-refractivity contribution in [3.05, 3.63) is 24.3 Å². The van der Waals surface area contributed by atoms with Crippen molar-refractivity contribution in [2.24, 2.45) is 5.92 Å². The average molecular weight is 289 g/mol. The quantitative estimate of drug-likeness (QED) is 0.824. The maximum absolute atomic E-state index is 5.89. The number of hydrogen-bond acceptors (Lipinski definition) is 3. The van der Waals surface area contributed by atoms with E-state index in [1.807, 2.05) is 24.3 Å². The van der Waals surface area contributed by atoms with Gasteiger partial charge in [0.1, 0.15) is 18.1 Å². The fraction of sp³-hybridized carbons (Fsp3) is 0.667. The van der Waals surface area contributed by atoms with Crippen LogP contribution in [0.1, 0.15) is 38.5 Å². The predicted molar refractivity (Wildman–Crippen MR) is 85.0 cm³/mol. The standard InChI is InChI=1S/C18H27NO2/c1-20-16-8-10-17(11-9-16)21-14-13-19-12-4-6-15-5-2-3-7-18(15)19/h8-11,15,18H,2-7,12-14H2,1H3. The first-order chi connectivity index (χ1) is 10.4. The van der Waals surface area contributed by atoms with Gasteiger partial charge < -0.3 is 9.47 Å². The smallest absolute Gasteiger partial charge is 0.119 e. The normalized spacial score (nSPS) is 26.1. The van der Waals surface area contributed by atoms with E-state index in [0.717, 1.165) is 36.6 Å². The fourth-order valence-corrected chi connectivity index (χ4v) is 3.96. The Labute approximate surface area is 128 Å². The maximum atomic E-state index is 5.89. The van der Waals surface area contributed by atoms with Crippen LogP contribution in [0.3, 0.4) is 0 Å². The molecule has 2 aliphatic rings. The first-order valence-electron chi connectivity index (χ1n) is 8.38. The molecule has 1 aromatic rings. The molecular formula is C18H27NO2. The van der Waals surface area contributed by atoms with Crippen molar-refractivity contribution >= 4 is 0 Å². The monoisotopic (exact) mass is 289 g/mol. The zero-order valence-corrected chi connectivity index (χ0v) is 13.1. The highest BCUT2D eigenvalue weighted by molar-refractivity contribution is 5.31. The molecule has 0 aromatic heterocycles. The van der Waals surface area contributed by atoms with Crippen LogP contribution in [-0.4, -0.2) is 37.7 Å². The molecule has 1 aliphatic carbocycles. The zero-order valence-electron chi connectivity index (χ0n) is 13.1. The van der Waals surface area contributed by atoms with Crippen LogP contribution in [0.15, 0.2) is 24.3 Å². The second-order valence-corrected chi connectivity index (χ2v) is 6.31. The second-order valence-electron chi connectivity index (χ2n) is 6.31. The lowest BCUT2D eigenvalue weighted by Gasteiger charge is -2.44. The molecule has 1 heterocycles. The van der Waals surface area contributed by atoms with Crippen molar-refractivity contribution < 1.29 is 9.47 Å². The van der Waals surface area contributed by atoms with E-state index in [2.05, 4.69) is 4.90 Å². The number of nitrogens with zero attached hydrogens (tertiary/aromatic N) is 1. The minimum atomic E-state index is 0.787. The summed E-state index contributed by atoms with van der Waals surface area (Å²) >= 11 is 0. The van der Waals surface area contributed by atoms with Gasteiger partial charge in [-0.25, -0.2) is 0 Å². The molecule has 1 aliphatic heterocycles. The van der Waals surface area contributed by atoms with Crippen LogP contribution in [0, 0.1) is 5.92 Å². The minimum absolute atomic E-state index is 0.787. The molecule has 21 heavy (non-hydrogen) atoms. The van der Waals surface area contributed by atoms with E-state index in [4.69, 9.17) is 9.47 Å². The highest BCUT2D eigenvalue weighted by Gasteiger charge is 2.32. The summed E-state index contributed by atoms with van der Waals surface area (Å²) < 4.78 is 11.1. The van der Waals surface area contributed by atoms with Gasteiger partial charge in [0, 0.05) is 12.6 Å². The van der Waals surface area contributed by atoms with Crippen molar-refractivity contribution in [3.8, 4) is 11.5 Å². The van der Waals surface area contributed by atoms with Gasteiger partial charge in [-0.15, -0.1) is 0 Å². The highest BCUT2D eigenvalue weighted by Crippen LogP contribution is 2.35. The fourth-order valence-electron chi connectivity index (χ4n) is 3.96. The molecule has 0 amide bonds. The molecule has 3 rings (SSSR count). The van der Waals surface area contributed by atoms with Crippen molar-refractivity contribution in [2.75, 3.05) is 26.8 Å². The van der Waals surface area contributed by atoms with Crippen LogP contribution in [0.25, 0.3) is 0 Å². The Morgan fingerprint density at radius 1 is 1.00 bits per heavy atom. The lowest BCUT2D eigenvalue weighted by Crippen LogP contribution is -2.48. The third-order valence-corrected chi connectivity index (χ3v) is 5.06. The van der Waals surface area contributed by atoms with Crippen LogP contribution >= 0.6 is 0 Å². The molecule has 2 atom stereocenters. The molecule has 0 bridgehead atoms. The van der Waals surface area contributed by atoms with E-state index in [1.54, 1.807) is 7.11 Å². The average Bonchev–Trinajstić information content (AvgIpc) is 2.56. The number of likely N-dealkylation sites (tertiary alicyclic amines) is 1. The minimum Gasteiger partial charge on any atom is -0.497 e. The summed E-state index contributed by atoms with van der Waals surface area (Å²) in [5.74, 6) is 2.77. The van der Waals surface area contributed by atoms with Crippen LogP contribution in [-0.2, 0) is 0 Å². The second kappa shape index (κ2) is 7.17. The molecule has 2 unspecified atom stereocenters. The van der Waals surface area contributed by atoms with Gasteiger partial charge in [-0.05, 0) is 62.4 Å². The molecule has 0 radical (unpaired) electrons. The predicted octanol–water partition coefficient (Wildman–Crippen LogP) is 3.73. The number of hydrogen-bond donors (Lipinski definition) is 0. The van der Waals surface area contributed by atoms with E-state index in [1.165, 1.54) is 45.1 Å². The summed E-state index contributed by atoms with van der Waals surface area (Å²) in [6.07, 6.45) is 8.51. The van der Waals surface area contributed by atoms with E-state index in [0.29, 0.717) is 0 Å². The number of benzene rings is 1. The molecule has 1 saturated carbocycles. The van der Waals surface area contributed by atoms with Gasteiger partial charge in [-0.3, -0.25) is 4.90 Å². The molecule has 0 spiro atoms. The first kappa shape index (κ1) is 14.7. The first-order valence-corrected chi connectivity index (χ1v) is 8.38. The van der Waals surface area contributed by atoms with Gasteiger partial charge in [-0.1, -0.05) is 12.8 Å². The van der Waals surface area contributed by atoms with Crippen LogP contribution in [0.4, 0.5) is 0 Å². The zero-order chi connectivity index (χ0) is 14.5. The Morgan fingerprint density at radius 2 is 1.71 bits per heavy atom. The van der Waals surface area contributed by atoms with Crippen LogP contribution in [0.2, 0.25) is 0 Å². The van der Waals surface area contributed by atoms with E-state index in [-0.39, 0.29) is 0 Å². The van der Waals surface area contributed by atoms with Crippen LogP contribution in [0.5, 0.6) is 11.5 Å². The molecule has 2 fully saturated rings. The molecule has 1 aromatic carbocycles. The third kappa shape index (κ3) is 3.70. The molecule has 1 saturated heterocycles. The Bertz CT molecular complexity index is 429. The lowest BCUT2D eigenvalue weighted by molar-refractivity contribution is 0.0501. The Hall–Kier alpha value is -1.22. The summed E-state index contributed by atoms with van der Waals surface area (Å²) in [7, 11) is 1.69. The van der Waals surface area contributed by atoms with Gasteiger partial charge in [0.15, 0.2) is 0 Å². The van der Waals surface area contributed by atoms with Crippen molar-refractivity contribution in [3.63, 3.8) is 0 Å². The molecule has 3 heteroatoms. The topological polar surface area (TPSA) is 21.7 Å². The Kier molecular flexibility index (Phi) is 5.02. The largest absolute Gasteiger partial charge is 0.497 e. The highest BCUT2D eigenvalue weighted by atomic mass is 16.5. The number of methoxy groups -OCH3 is 1. The maximum Gasteiger partial charge on any atom is 0.119 e. The van der Waals surface area contributed by atoms with Gasteiger partial charge in [0.25, 0.3) is 0 Å². The lowest BCUT2D eigenvalue weighted by atomic mass is 9.78. The molecule has 3 nitrogen and oxygen atoms in total. The number of fused-ring (bicyclic) bond motifs is 1. The summed E-state index contributed by atoms with van der Waals surface area (Å²) in [4.78, 5) is 2.68. The van der Waals surface area contributed by atoms with E-state index >= 15 is 0 Å². The van der Waals surface area contributed by atoms with Crippen LogP contribution < -0.4 is 9.47 Å². The van der Waals surface area contributed by atoms with E-state index < -0.39 is 0 Å². The summed E-state index contributed by atoms with van der Waals surface area (Å²) in [5, 5.41) is 0. The SMILES string of the molecule is COc1ccc(OCCN2CCCC3CCCCC32)cc1. The molecule has 0 N–H and O–H groups in total. The summed E-state index contributed by atoms with van der Waals surface area (Å²) in [6.45, 7) is 3.11. The number of piperidine rings is 1. The van der Waals surface area contributed by atoms with Crippen molar-refractivity contribution in [1.82, 2.24) is 4.90 Å². The molecular weight excluding hydrogens is 262 g/mol. The van der Waals surface area contributed by atoms with Gasteiger partial charge in [-0.2, -0.15) is 0 Å². The molecule has 116 valence electrons.